The molecule has 1 aliphatic heterocycles. The number of amides is 1. The van der Waals surface area contributed by atoms with E-state index in [0.29, 0.717) is 6.54 Å². The molecule has 1 aliphatic rings. The number of halogens is 3. The van der Waals surface area contributed by atoms with Gasteiger partial charge in [-0.1, -0.05) is 0 Å². The van der Waals surface area contributed by atoms with Crippen LogP contribution >= 0.6 is 0 Å². The second kappa shape index (κ2) is 5.68. The Hall–Kier alpha value is -0.820. The van der Waals surface area contributed by atoms with E-state index in [4.69, 9.17) is 0 Å². The van der Waals surface area contributed by atoms with Crippen LogP contribution in [0.25, 0.3) is 0 Å². The summed E-state index contributed by atoms with van der Waals surface area (Å²) in [7, 11) is 3.39. The minimum absolute atomic E-state index is 0.0103. The van der Waals surface area contributed by atoms with Crippen molar-refractivity contribution >= 4 is 5.91 Å². The zero-order valence-corrected chi connectivity index (χ0v) is 9.97. The maximum Gasteiger partial charge on any atom is 0.393 e. The number of piperidine rings is 1. The van der Waals surface area contributed by atoms with Crippen LogP contribution in [0.4, 0.5) is 13.2 Å². The first-order valence-corrected chi connectivity index (χ1v) is 5.52. The number of likely N-dealkylation sites (N-methyl/N-ethyl adjacent to an activating group) is 1. The maximum absolute atomic E-state index is 12.7. The Bertz CT molecular complexity index is 268. The SMILES string of the molecule is CN(C)CC(=O)NC1CNCCC1C(F)(F)F. The highest BCUT2D eigenvalue weighted by atomic mass is 19.4. The zero-order valence-electron chi connectivity index (χ0n) is 9.97. The van der Waals surface area contributed by atoms with Gasteiger partial charge in [0.1, 0.15) is 0 Å². The lowest BCUT2D eigenvalue weighted by molar-refractivity contribution is -0.187. The van der Waals surface area contributed by atoms with Crippen LogP contribution < -0.4 is 10.6 Å². The van der Waals surface area contributed by atoms with Gasteiger partial charge in [0.15, 0.2) is 0 Å². The molecule has 1 fully saturated rings. The van der Waals surface area contributed by atoms with Crippen LogP contribution in [-0.4, -0.2) is 56.8 Å². The molecule has 0 bridgehead atoms. The Labute approximate surface area is 98.5 Å². The summed E-state index contributed by atoms with van der Waals surface area (Å²) in [4.78, 5) is 13.1. The minimum Gasteiger partial charge on any atom is -0.350 e. The molecule has 0 aliphatic carbocycles. The van der Waals surface area contributed by atoms with E-state index in [1.165, 1.54) is 0 Å². The summed E-state index contributed by atoms with van der Waals surface area (Å²) in [5.74, 6) is -1.83. The molecule has 1 rings (SSSR count). The Morgan fingerprint density at radius 3 is 2.65 bits per heavy atom. The van der Waals surface area contributed by atoms with Crippen molar-refractivity contribution in [3.63, 3.8) is 0 Å². The molecule has 1 heterocycles. The molecule has 17 heavy (non-hydrogen) atoms. The smallest absolute Gasteiger partial charge is 0.350 e. The fraction of sp³-hybridized carbons (Fsp3) is 0.900. The van der Waals surface area contributed by atoms with Crippen molar-refractivity contribution in [2.24, 2.45) is 5.92 Å². The van der Waals surface area contributed by atoms with E-state index in [0.717, 1.165) is 0 Å². The van der Waals surface area contributed by atoms with Crippen LogP contribution in [0.5, 0.6) is 0 Å². The van der Waals surface area contributed by atoms with Gasteiger partial charge in [-0.05, 0) is 27.1 Å². The molecule has 2 atom stereocenters. The molecule has 0 radical (unpaired) electrons. The Morgan fingerprint density at radius 2 is 2.12 bits per heavy atom. The molecular weight excluding hydrogens is 235 g/mol. The molecule has 100 valence electrons. The number of hydrogen-bond acceptors (Lipinski definition) is 3. The lowest BCUT2D eigenvalue weighted by atomic mass is 9.92. The van der Waals surface area contributed by atoms with Crippen molar-refractivity contribution in [3.05, 3.63) is 0 Å². The lowest BCUT2D eigenvalue weighted by Crippen LogP contribution is -2.56. The van der Waals surface area contributed by atoms with Crippen LogP contribution in [0.3, 0.4) is 0 Å². The second-order valence-electron chi connectivity index (χ2n) is 4.55. The molecule has 4 nitrogen and oxygen atoms in total. The summed E-state index contributed by atoms with van der Waals surface area (Å²) in [5, 5.41) is 5.31. The molecular formula is C10H18F3N3O. The zero-order chi connectivity index (χ0) is 13.1. The standard InChI is InChI=1S/C10H18F3N3O/c1-16(2)6-9(17)15-8-5-14-4-3-7(8)10(11,12)13/h7-8,14H,3-6H2,1-2H3,(H,15,17). The van der Waals surface area contributed by atoms with E-state index in [2.05, 4.69) is 10.6 Å². The topological polar surface area (TPSA) is 44.4 Å². The predicted molar refractivity (Wildman–Crippen MR) is 57.5 cm³/mol. The Morgan fingerprint density at radius 1 is 1.47 bits per heavy atom. The summed E-state index contributed by atoms with van der Waals surface area (Å²) in [6.07, 6.45) is -4.24. The highest BCUT2D eigenvalue weighted by Gasteiger charge is 2.45. The molecule has 2 N–H and O–H groups in total. The second-order valence-corrected chi connectivity index (χ2v) is 4.55. The highest BCUT2D eigenvalue weighted by Crippen LogP contribution is 2.32. The van der Waals surface area contributed by atoms with E-state index in [-0.39, 0.29) is 25.4 Å². The average Bonchev–Trinajstić information content (AvgIpc) is 2.15. The highest BCUT2D eigenvalue weighted by molar-refractivity contribution is 5.78. The van der Waals surface area contributed by atoms with Gasteiger partial charge in [0.25, 0.3) is 0 Å². The molecule has 1 amide bonds. The third kappa shape index (κ3) is 4.51. The van der Waals surface area contributed by atoms with Crippen LogP contribution in [0, 0.1) is 5.92 Å². The van der Waals surface area contributed by atoms with E-state index in [1.807, 2.05) is 0 Å². The summed E-state index contributed by atoms with van der Waals surface area (Å²) in [6, 6.07) is -0.865. The summed E-state index contributed by atoms with van der Waals surface area (Å²) < 4.78 is 38.1. The first-order valence-electron chi connectivity index (χ1n) is 5.52. The van der Waals surface area contributed by atoms with E-state index in [9.17, 15) is 18.0 Å². The summed E-state index contributed by atoms with van der Waals surface area (Å²) in [6.45, 7) is 0.606. The van der Waals surface area contributed by atoms with Gasteiger partial charge in [0.2, 0.25) is 5.91 Å². The van der Waals surface area contributed by atoms with Crippen molar-refractivity contribution in [2.75, 3.05) is 33.7 Å². The largest absolute Gasteiger partial charge is 0.393 e. The quantitative estimate of drug-likeness (QED) is 0.755. The number of hydrogen-bond donors (Lipinski definition) is 2. The number of carbonyl (C=O) groups is 1. The van der Waals surface area contributed by atoms with Gasteiger partial charge in [-0.2, -0.15) is 13.2 Å². The molecule has 0 saturated carbocycles. The van der Waals surface area contributed by atoms with Crippen molar-refractivity contribution in [1.29, 1.82) is 0 Å². The van der Waals surface area contributed by atoms with Gasteiger partial charge in [0.05, 0.1) is 18.5 Å². The van der Waals surface area contributed by atoms with Gasteiger partial charge in [-0.3, -0.25) is 4.79 Å². The Balaban J connectivity index is 2.57. The van der Waals surface area contributed by atoms with Gasteiger partial charge >= 0.3 is 6.18 Å². The summed E-state index contributed by atoms with van der Waals surface area (Å²) >= 11 is 0. The lowest BCUT2D eigenvalue weighted by Gasteiger charge is -2.34. The predicted octanol–water partition coefficient (Wildman–Crippen LogP) is 0.205. The van der Waals surface area contributed by atoms with Crippen LogP contribution in [-0.2, 0) is 4.79 Å². The fourth-order valence-electron chi connectivity index (χ4n) is 1.94. The van der Waals surface area contributed by atoms with Gasteiger partial charge in [0, 0.05) is 6.54 Å². The first-order chi connectivity index (χ1) is 7.80. The molecule has 1 saturated heterocycles. The maximum atomic E-state index is 12.7. The van der Waals surface area contributed by atoms with Gasteiger partial charge in [-0.25, -0.2) is 0 Å². The molecule has 2 unspecified atom stereocenters. The van der Waals surface area contributed by atoms with Crippen molar-refractivity contribution in [2.45, 2.75) is 18.6 Å². The number of nitrogens with one attached hydrogen (secondary N) is 2. The fourth-order valence-corrected chi connectivity index (χ4v) is 1.94. The third-order valence-corrected chi connectivity index (χ3v) is 2.71. The third-order valence-electron chi connectivity index (χ3n) is 2.71. The van der Waals surface area contributed by atoms with E-state index in [1.54, 1.807) is 19.0 Å². The van der Waals surface area contributed by atoms with Gasteiger partial charge in [-0.15, -0.1) is 0 Å². The van der Waals surface area contributed by atoms with Gasteiger partial charge < -0.3 is 15.5 Å². The molecule has 0 aromatic heterocycles. The number of alkyl halides is 3. The van der Waals surface area contributed by atoms with E-state index >= 15 is 0 Å². The van der Waals surface area contributed by atoms with E-state index < -0.39 is 18.1 Å². The molecule has 0 aromatic carbocycles. The average molecular weight is 253 g/mol. The Kier molecular flexibility index (Phi) is 4.76. The van der Waals surface area contributed by atoms with Crippen molar-refractivity contribution in [3.8, 4) is 0 Å². The first kappa shape index (κ1) is 14.2. The monoisotopic (exact) mass is 253 g/mol. The van der Waals surface area contributed by atoms with Crippen LogP contribution in [0.2, 0.25) is 0 Å². The molecule has 0 aromatic rings. The van der Waals surface area contributed by atoms with Crippen molar-refractivity contribution in [1.82, 2.24) is 15.5 Å². The molecule has 0 spiro atoms. The van der Waals surface area contributed by atoms with Crippen LogP contribution in [0.1, 0.15) is 6.42 Å². The number of rotatable bonds is 3. The minimum atomic E-state index is -4.25. The number of nitrogens with zero attached hydrogens (tertiary/aromatic N) is 1. The number of carbonyl (C=O) groups excluding carboxylic acids is 1. The normalized spacial score (nSPS) is 26.0. The summed E-state index contributed by atoms with van der Waals surface area (Å²) in [5.41, 5.74) is 0. The molecule has 7 heteroatoms. The van der Waals surface area contributed by atoms with Crippen LogP contribution in [0.15, 0.2) is 0 Å². The van der Waals surface area contributed by atoms with Crippen molar-refractivity contribution < 1.29 is 18.0 Å².